The number of carbonyl (C=O) groups is 1. The molecule has 0 saturated carbocycles. The highest BCUT2D eigenvalue weighted by Crippen LogP contribution is 2.11. The molecule has 0 radical (unpaired) electrons. The summed E-state index contributed by atoms with van der Waals surface area (Å²) in [6.07, 6.45) is 3.00. The third-order valence-electron chi connectivity index (χ3n) is 2.28. The van der Waals surface area contributed by atoms with E-state index in [1.165, 1.54) is 18.1 Å². The Labute approximate surface area is 97.0 Å². The van der Waals surface area contributed by atoms with Gasteiger partial charge in [0.1, 0.15) is 18.7 Å². The van der Waals surface area contributed by atoms with Crippen molar-refractivity contribution in [3.63, 3.8) is 0 Å². The van der Waals surface area contributed by atoms with Gasteiger partial charge in [0.2, 0.25) is 0 Å². The van der Waals surface area contributed by atoms with Crippen molar-refractivity contribution in [2.75, 3.05) is 12.8 Å². The zero-order chi connectivity index (χ0) is 12.4. The molecule has 2 aromatic rings. The van der Waals surface area contributed by atoms with E-state index in [1.807, 2.05) is 0 Å². The third-order valence-corrected chi connectivity index (χ3v) is 2.28. The molecule has 2 heterocycles. The molecule has 17 heavy (non-hydrogen) atoms. The maximum atomic E-state index is 11.3. The molecular formula is C9H12N6O2. The van der Waals surface area contributed by atoms with Crippen LogP contribution in [0.25, 0.3) is 0 Å². The first-order chi connectivity index (χ1) is 8.11. The molecule has 0 amide bonds. The van der Waals surface area contributed by atoms with Crippen LogP contribution in [0.3, 0.4) is 0 Å². The molecule has 0 saturated heterocycles. The molecule has 0 bridgehead atoms. The number of hydrogen-bond acceptors (Lipinski definition) is 6. The van der Waals surface area contributed by atoms with Gasteiger partial charge >= 0.3 is 5.97 Å². The standard InChI is InChI=1S/C9H12N6O2/c1-14-7(11-5-12-14)4-15-3-6(10)8(13-15)9(16)17-2/h3,5H,4,10H2,1-2H3. The average molecular weight is 236 g/mol. The van der Waals surface area contributed by atoms with Crippen molar-refractivity contribution in [3.05, 3.63) is 24.0 Å². The summed E-state index contributed by atoms with van der Waals surface area (Å²) in [7, 11) is 3.06. The SMILES string of the molecule is COC(=O)c1nn(Cc2ncnn2C)cc1N. The van der Waals surface area contributed by atoms with Gasteiger partial charge < -0.3 is 10.5 Å². The Balaban J connectivity index is 2.24. The normalized spacial score (nSPS) is 10.5. The molecule has 0 atom stereocenters. The summed E-state index contributed by atoms with van der Waals surface area (Å²) in [4.78, 5) is 15.4. The van der Waals surface area contributed by atoms with Crippen LogP contribution in [0.1, 0.15) is 16.3 Å². The Kier molecular flexibility index (Phi) is 2.77. The van der Waals surface area contributed by atoms with E-state index in [-0.39, 0.29) is 11.4 Å². The number of ether oxygens (including phenoxy) is 1. The van der Waals surface area contributed by atoms with Crippen molar-refractivity contribution in [2.24, 2.45) is 7.05 Å². The zero-order valence-corrected chi connectivity index (χ0v) is 9.49. The molecule has 2 aromatic heterocycles. The second-order valence-corrected chi connectivity index (χ2v) is 3.42. The summed E-state index contributed by atoms with van der Waals surface area (Å²) < 4.78 is 7.70. The monoisotopic (exact) mass is 236 g/mol. The number of nitrogens with zero attached hydrogens (tertiary/aromatic N) is 5. The molecule has 0 aliphatic carbocycles. The second-order valence-electron chi connectivity index (χ2n) is 3.42. The Bertz CT molecular complexity index is 543. The second kappa shape index (κ2) is 4.24. The predicted molar refractivity (Wildman–Crippen MR) is 58.1 cm³/mol. The third kappa shape index (κ3) is 2.10. The van der Waals surface area contributed by atoms with Crippen molar-refractivity contribution < 1.29 is 9.53 Å². The van der Waals surface area contributed by atoms with Crippen LogP contribution in [-0.4, -0.2) is 37.6 Å². The fraction of sp³-hybridized carbons (Fsp3) is 0.333. The molecule has 90 valence electrons. The van der Waals surface area contributed by atoms with Crippen LogP contribution in [0, 0.1) is 0 Å². The number of nitrogen functional groups attached to an aromatic ring is 1. The van der Waals surface area contributed by atoms with Crippen molar-refractivity contribution in [1.82, 2.24) is 24.5 Å². The molecule has 0 fully saturated rings. The molecule has 0 aliphatic heterocycles. The molecule has 8 heteroatoms. The van der Waals surface area contributed by atoms with Crippen LogP contribution < -0.4 is 5.73 Å². The summed E-state index contributed by atoms with van der Waals surface area (Å²) >= 11 is 0. The highest BCUT2D eigenvalue weighted by atomic mass is 16.5. The van der Waals surface area contributed by atoms with E-state index in [4.69, 9.17) is 5.73 Å². The van der Waals surface area contributed by atoms with Gasteiger partial charge in [0, 0.05) is 13.2 Å². The van der Waals surface area contributed by atoms with E-state index in [1.54, 1.807) is 17.9 Å². The van der Waals surface area contributed by atoms with Gasteiger partial charge in [-0.15, -0.1) is 0 Å². The van der Waals surface area contributed by atoms with Crippen LogP contribution >= 0.6 is 0 Å². The minimum absolute atomic E-state index is 0.106. The Morgan fingerprint density at radius 2 is 2.35 bits per heavy atom. The van der Waals surface area contributed by atoms with Gasteiger partial charge in [-0.1, -0.05) is 0 Å². The summed E-state index contributed by atoms with van der Waals surface area (Å²) in [6, 6.07) is 0. The van der Waals surface area contributed by atoms with E-state index < -0.39 is 5.97 Å². The van der Waals surface area contributed by atoms with Crippen molar-refractivity contribution in [3.8, 4) is 0 Å². The van der Waals surface area contributed by atoms with E-state index >= 15 is 0 Å². The number of nitrogens with two attached hydrogens (primary N) is 1. The van der Waals surface area contributed by atoms with E-state index in [0.717, 1.165) is 0 Å². The fourth-order valence-electron chi connectivity index (χ4n) is 1.38. The lowest BCUT2D eigenvalue weighted by atomic mass is 10.4. The minimum Gasteiger partial charge on any atom is -0.464 e. The van der Waals surface area contributed by atoms with Crippen LogP contribution in [0.5, 0.6) is 0 Å². The van der Waals surface area contributed by atoms with E-state index in [2.05, 4.69) is 19.9 Å². The Morgan fingerprint density at radius 1 is 1.59 bits per heavy atom. The lowest BCUT2D eigenvalue weighted by Crippen LogP contribution is -2.09. The van der Waals surface area contributed by atoms with Crippen LogP contribution in [0.2, 0.25) is 0 Å². The Morgan fingerprint density at radius 3 is 2.94 bits per heavy atom. The number of aromatic nitrogens is 5. The number of carbonyl (C=O) groups excluding carboxylic acids is 1. The van der Waals surface area contributed by atoms with Gasteiger partial charge in [0.05, 0.1) is 12.8 Å². The lowest BCUT2D eigenvalue weighted by molar-refractivity contribution is 0.0594. The van der Waals surface area contributed by atoms with Crippen LogP contribution in [0.4, 0.5) is 5.69 Å². The largest absolute Gasteiger partial charge is 0.464 e. The summed E-state index contributed by atoms with van der Waals surface area (Å²) in [6.45, 7) is 0.387. The molecule has 0 aliphatic rings. The van der Waals surface area contributed by atoms with Crippen LogP contribution in [-0.2, 0) is 18.3 Å². The Hall–Kier alpha value is -2.38. The molecule has 0 spiro atoms. The molecule has 0 unspecified atom stereocenters. The van der Waals surface area contributed by atoms with Gasteiger partial charge in [-0.25, -0.2) is 9.78 Å². The molecule has 8 nitrogen and oxygen atoms in total. The first-order valence-corrected chi connectivity index (χ1v) is 4.86. The fourth-order valence-corrected chi connectivity index (χ4v) is 1.38. The molecule has 2 N–H and O–H groups in total. The maximum absolute atomic E-state index is 11.3. The minimum atomic E-state index is -0.556. The van der Waals surface area contributed by atoms with Gasteiger partial charge in [-0.05, 0) is 0 Å². The maximum Gasteiger partial charge on any atom is 0.360 e. The number of anilines is 1. The van der Waals surface area contributed by atoms with Gasteiger partial charge in [-0.2, -0.15) is 10.2 Å². The van der Waals surface area contributed by atoms with Gasteiger partial charge in [0.25, 0.3) is 0 Å². The number of aryl methyl sites for hydroxylation is 1. The van der Waals surface area contributed by atoms with Crippen molar-refractivity contribution >= 4 is 11.7 Å². The number of esters is 1. The number of hydrogen-bond donors (Lipinski definition) is 1. The molecule has 0 aromatic carbocycles. The van der Waals surface area contributed by atoms with Crippen LogP contribution in [0.15, 0.2) is 12.5 Å². The molecule has 2 rings (SSSR count). The van der Waals surface area contributed by atoms with Gasteiger partial charge in [0.15, 0.2) is 5.69 Å². The smallest absolute Gasteiger partial charge is 0.360 e. The summed E-state index contributed by atoms with van der Waals surface area (Å²) in [5.74, 6) is 0.156. The highest BCUT2D eigenvalue weighted by molar-refractivity contribution is 5.92. The number of rotatable bonds is 3. The number of methoxy groups -OCH3 is 1. The van der Waals surface area contributed by atoms with E-state index in [0.29, 0.717) is 12.4 Å². The summed E-state index contributed by atoms with van der Waals surface area (Å²) in [5.41, 5.74) is 6.04. The zero-order valence-electron chi connectivity index (χ0n) is 9.49. The topological polar surface area (TPSA) is 101 Å². The first-order valence-electron chi connectivity index (χ1n) is 4.86. The van der Waals surface area contributed by atoms with Gasteiger partial charge in [-0.3, -0.25) is 9.36 Å². The predicted octanol–water partition coefficient (Wildman–Crippen LogP) is -0.571. The average Bonchev–Trinajstić information content (AvgIpc) is 2.86. The quantitative estimate of drug-likeness (QED) is 0.716. The summed E-state index contributed by atoms with van der Waals surface area (Å²) in [5, 5.41) is 7.97. The highest BCUT2D eigenvalue weighted by Gasteiger charge is 2.15. The first kappa shape index (κ1) is 11.1. The van der Waals surface area contributed by atoms with Crippen molar-refractivity contribution in [1.29, 1.82) is 0 Å². The van der Waals surface area contributed by atoms with Crippen molar-refractivity contribution in [2.45, 2.75) is 6.54 Å². The van der Waals surface area contributed by atoms with E-state index in [9.17, 15) is 4.79 Å². The molecular weight excluding hydrogens is 224 g/mol. The lowest BCUT2D eigenvalue weighted by Gasteiger charge is -1.99.